The highest BCUT2D eigenvalue weighted by Gasteiger charge is 2.19. The normalized spacial score (nSPS) is 12.0. The molecule has 0 fully saturated rings. The lowest BCUT2D eigenvalue weighted by molar-refractivity contribution is 0.0793. The van der Waals surface area contributed by atoms with Crippen molar-refractivity contribution in [2.45, 2.75) is 25.9 Å². The number of nitrogens with zero attached hydrogens (tertiary/aromatic N) is 1. The summed E-state index contributed by atoms with van der Waals surface area (Å²) in [5, 5.41) is 14.9. The van der Waals surface area contributed by atoms with E-state index in [2.05, 4.69) is 5.16 Å². The maximum absolute atomic E-state index is 13.0. The number of hydrogen-bond acceptors (Lipinski definition) is 3. The number of aromatic nitrogens is 1. The van der Waals surface area contributed by atoms with E-state index in [1.165, 1.54) is 12.1 Å². The minimum absolute atomic E-state index is 0.257. The fourth-order valence-corrected chi connectivity index (χ4v) is 2.35. The van der Waals surface area contributed by atoms with E-state index in [-0.39, 0.29) is 5.82 Å². The first-order valence-corrected chi connectivity index (χ1v) is 6.79. The third-order valence-electron chi connectivity index (χ3n) is 3.32. The standard InChI is InChI=1S/C17H16FNO2/c1-17(2,20)10-15-14-9-12(5-8-16(14)21-19-15)11-3-6-13(18)7-4-11/h3-9,20H,10H2,1-2H3. The molecular formula is C17H16FNO2. The van der Waals surface area contributed by atoms with Crippen molar-refractivity contribution in [2.24, 2.45) is 0 Å². The summed E-state index contributed by atoms with van der Waals surface area (Å²) in [4.78, 5) is 0. The molecule has 3 aromatic rings. The quantitative estimate of drug-likeness (QED) is 0.792. The van der Waals surface area contributed by atoms with Crippen LogP contribution in [0.25, 0.3) is 22.1 Å². The second-order valence-electron chi connectivity index (χ2n) is 5.84. The molecule has 3 nitrogen and oxygen atoms in total. The molecular weight excluding hydrogens is 269 g/mol. The number of fused-ring (bicyclic) bond motifs is 1. The average molecular weight is 285 g/mol. The molecule has 0 saturated carbocycles. The fourth-order valence-electron chi connectivity index (χ4n) is 2.35. The Balaban J connectivity index is 2.06. The molecule has 1 heterocycles. The summed E-state index contributed by atoms with van der Waals surface area (Å²) in [6, 6.07) is 12.1. The molecule has 0 amide bonds. The van der Waals surface area contributed by atoms with Crippen LogP contribution >= 0.6 is 0 Å². The van der Waals surface area contributed by atoms with Gasteiger partial charge in [0.15, 0.2) is 5.58 Å². The summed E-state index contributed by atoms with van der Waals surface area (Å²) in [5.74, 6) is -0.257. The van der Waals surface area contributed by atoms with Crippen LogP contribution in [0.4, 0.5) is 4.39 Å². The minimum Gasteiger partial charge on any atom is -0.390 e. The second kappa shape index (κ2) is 4.97. The van der Waals surface area contributed by atoms with Crippen LogP contribution in [0.15, 0.2) is 47.0 Å². The monoisotopic (exact) mass is 285 g/mol. The van der Waals surface area contributed by atoms with Crippen LogP contribution in [0.5, 0.6) is 0 Å². The molecule has 108 valence electrons. The van der Waals surface area contributed by atoms with Gasteiger partial charge in [-0.2, -0.15) is 0 Å². The van der Waals surface area contributed by atoms with Gasteiger partial charge in [-0.05, 0) is 49.2 Å². The van der Waals surface area contributed by atoms with E-state index in [4.69, 9.17) is 4.52 Å². The van der Waals surface area contributed by atoms with Crippen LogP contribution in [-0.2, 0) is 6.42 Å². The van der Waals surface area contributed by atoms with Crippen molar-refractivity contribution in [3.8, 4) is 11.1 Å². The zero-order chi connectivity index (χ0) is 15.0. The van der Waals surface area contributed by atoms with E-state index in [0.717, 1.165) is 22.2 Å². The van der Waals surface area contributed by atoms with Gasteiger partial charge >= 0.3 is 0 Å². The molecule has 1 N–H and O–H groups in total. The third kappa shape index (κ3) is 2.95. The highest BCUT2D eigenvalue weighted by atomic mass is 19.1. The molecule has 0 bridgehead atoms. The second-order valence-corrected chi connectivity index (χ2v) is 5.84. The van der Waals surface area contributed by atoms with Crippen molar-refractivity contribution >= 4 is 11.0 Å². The number of hydrogen-bond donors (Lipinski definition) is 1. The first kappa shape index (κ1) is 13.8. The first-order chi connectivity index (χ1) is 9.92. The zero-order valence-corrected chi connectivity index (χ0v) is 11.9. The Kier molecular flexibility index (Phi) is 3.26. The molecule has 3 rings (SSSR count). The SMILES string of the molecule is CC(C)(O)Cc1noc2ccc(-c3ccc(F)cc3)cc12. The minimum atomic E-state index is -0.852. The lowest BCUT2D eigenvalue weighted by atomic mass is 9.98. The summed E-state index contributed by atoms with van der Waals surface area (Å²) in [6.45, 7) is 3.47. The molecule has 2 aromatic carbocycles. The zero-order valence-electron chi connectivity index (χ0n) is 11.9. The van der Waals surface area contributed by atoms with Gasteiger partial charge in [0.2, 0.25) is 0 Å². The Labute approximate surface area is 122 Å². The number of benzene rings is 2. The smallest absolute Gasteiger partial charge is 0.167 e. The third-order valence-corrected chi connectivity index (χ3v) is 3.32. The van der Waals surface area contributed by atoms with Crippen molar-refractivity contribution < 1.29 is 14.0 Å². The van der Waals surface area contributed by atoms with Crippen LogP contribution in [0, 0.1) is 5.82 Å². The highest BCUT2D eigenvalue weighted by molar-refractivity contribution is 5.85. The van der Waals surface area contributed by atoms with Gasteiger partial charge in [0.1, 0.15) is 5.82 Å². The molecule has 0 spiro atoms. The van der Waals surface area contributed by atoms with Crippen molar-refractivity contribution in [1.29, 1.82) is 0 Å². The lowest BCUT2D eigenvalue weighted by Gasteiger charge is -2.14. The summed E-state index contributed by atoms with van der Waals surface area (Å²) >= 11 is 0. The summed E-state index contributed by atoms with van der Waals surface area (Å²) < 4.78 is 18.3. The first-order valence-electron chi connectivity index (χ1n) is 6.79. The van der Waals surface area contributed by atoms with Gasteiger partial charge in [-0.1, -0.05) is 23.4 Å². The molecule has 21 heavy (non-hydrogen) atoms. The average Bonchev–Trinajstić information content (AvgIpc) is 2.80. The van der Waals surface area contributed by atoms with E-state index in [1.54, 1.807) is 26.0 Å². The lowest BCUT2D eigenvalue weighted by Crippen LogP contribution is -2.22. The summed E-state index contributed by atoms with van der Waals surface area (Å²) in [5.41, 5.74) is 2.44. The van der Waals surface area contributed by atoms with E-state index in [1.807, 2.05) is 18.2 Å². The number of rotatable bonds is 3. The maximum atomic E-state index is 13.0. The molecule has 0 aliphatic heterocycles. The molecule has 0 saturated heterocycles. The van der Waals surface area contributed by atoms with Gasteiger partial charge in [0.05, 0.1) is 11.3 Å². The van der Waals surface area contributed by atoms with Gasteiger partial charge < -0.3 is 9.63 Å². The van der Waals surface area contributed by atoms with E-state index < -0.39 is 5.60 Å². The predicted molar refractivity (Wildman–Crippen MR) is 79.4 cm³/mol. The molecule has 0 unspecified atom stereocenters. The molecule has 0 atom stereocenters. The number of halogens is 1. The Morgan fingerprint density at radius 3 is 2.43 bits per heavy atom. The van der Waals surface area contributed by atoms with Crippen LogP contribution in [0.1, 0.15) is 19.5 Å². The Morgan fingerprint density at radius 1 is 1.10 bits per heavy atom. The number of aliphatic hydroxyl groups is 1. The Bertz CT molecular complexity index is 770. The summed E-state index contributed by atoms with van der Waals surface area (Å²) in [6.07, 6.45) is 0.410. The van der Waals surface area contributed by atoms with Crippen molar-refractivity contribution in [3.05, 3.63) is 54.0 Å². The Morgan fingerprint density at radius 2 is 1.76 bits per heavy atom. The van der Waals surface area contributed by atoms with Gasteiger partial charge in [0, 0.05) is 11.8 Å². The van der Waals surface area contributed by atoms with Crippen molar-refractivity contribution in [2.75, 3.05) is 0 Å². The molecule has 4 heteroatoms. The summed E-state index contributed by atoms with van der Waals surface area (Å²) in [7, 11) is 0. The topological polar surface area (TPSA) is 46.3 Å². The van der Waals surface area contributed by atoms with Gasteiger partial charge in [-0.25, -0.2) is 4.39 Å². The van der Waals surface area contributed by atoms with E-state index in [9.17, 15) is 9.50 Å². The van der Waals surface area contributed by atoms with Crippen molar-refractivity contribution in [1.82, 2.24) is 5.16 Å². The van der Waals surface area contributed by atoms with Gasteiger partial charge in [0.25, 0.3) is 0 Å². The van der Waals surface area contributed by atoms with E-state index >= 15 is 0 Å². The molecule has 0 aliphatic rings. The largest absolute Gasteiger partial charge is 0.390 e. The van der Waals surface area contributed by atoms with E-state index in [0.29, 0.717) is 12.0 Å². The van der Waals surface area contributed by atoms with Gasteiger partial charge in [-0.3, -0.25) is 0 Å². The molecule has 1 aromatic heterocycles. The predicted octanol–water partition coefficient (Wildman–Crippen LogP) is 3.95. The Hall–Kier alpha value is -2.20. The van der Waals surface area contributed by atoms with Crippen LogP contribution in [-0.4, -0.2) is 15.9 Å². The van der Waals surface area contributed by atoms with Crippen molar-refractivity contribution in [3.63, 3.8) is 0 Å². The highest BCUT2D eigenvalue weighted by Crippen LogP contribution is 2.28. The van der Waals surface area contributed by atoms with Gasteiger partial charge in [-0.15, -0.1) is 0 Å². The van der Waals surface area contributed by atoms with Crippen LogP contribution in [0.2, 0.25) is 0 Å². The molecule has 0 aliphatic carbocycles. The van der Waals surface area contributed by atoms with Crippen LogP contribution < -0.4 is 0 Å². The molecule has 0 radical (unpaired) electrons. The maximum Gasteiger partial charge on any atom is 0.167 e. The fraction of sp³-hybridized carbons (Fsp3) is 0.235. The van der Waals surface area contributed by atoms with Crippen LogP contribution in [0.3, 0.4) is 0 Å².